The molecule has 0 radical (unpaired) electrons. The number of carboxylic acid groups (broad SMARTS) is 1. The first-order valence-corrected chi connectivity index (χ1v) is 6.79. The summed E-state index contributed by atoms with van der Waals surface area (Å²) >= 11 is 0. The Hall–Kier alpha value is -1.18. The van der Waals surface area contributed by atoms with Gasteiger partial charge in [-0.3, -0.25) is 14.5 Å². The van der Waals surface area contributed by atoms with Gasteiger partial charge in [-0.25, -0.2) is 0 Å². The van der Waals surface area contributed by atoms with Crippen LogP contribution in [0.4, 0.5) is 0 Å². The van der Waals surface area contributed by atoms with E-state index in [2.05, 4.69) is 0 Å². The van der Waals surface area contributed by atoms with E-state index in [1.54, 1.807) is 19.1 Å². The maximum Gasteiger partial charge on any atom is 0.307 e. The number of rotatable bonds is 9. The van der Waals surface area contributed by atoms with Crippen molar-refractivity contribution in [3.05, 3.63) is 0 Å². The van der Waals surface area contributed by atoms with Gasteiger partial charge in [-0.15, -0.1) is 0 Å². The van der Waals surface area contributed by atoms with Crippen LogP contribution in [-0.2, 0) is 19.1 Å². The van der Waals surface area contributed by atoms with E-state index >= 15 is 0 Å². The van der Waals surface area contributed by atoms with Crippen molar-refractivity contribution >= 4 is 11.9 Å². The van der Waals surface area contributed by atoms with E-state index in [1.165, 1.54) is 0 Å². The van der Waals surface area contributed by atoms with Crippen LogP contribution in [0.25, 0.3) is 0 Å². The van der Waals surface area contributed by atoms with E-state index in [4.69, 9.17) is 14.6 Å². The molecule has 0 aliphatic carbocycles. The summed E-state index contributed by atoms with van der Waals surface area (Å²) in [5.74, 6) is -1.14. The summed E-state index contributed by atoms with van der Waals surface area (Å²) in [4.78, 5) is 26.7. The number of amides is 1. The monoisotopic (exact) mass is 288 g/mol. The molecule has 116 valence electrons. The Morgan fingerprint density at radius 2 is 1.85 bits per heavy atom. The molecular weight excluding hydrogens is 264 g/mol. The first kappa shape index (κ1) is 16.9. The van der Waals surface area contributed by atoms with Gasteiger partial charge >= 0.3 is 5.97 Å². The van der Waals surface area contributed by atoms with Gasteiger partial charge in [-0.05, 0) is 13.0 Å². The molecule has 1 aliphatic rings. The highest BCUT2D eigenvalue weighted by Crippen LogP contribution is 2.16. The van der Waals surface area contributed by atoms with E-state index in [0.29, 0.717) is 45.8 Å². The molecule has 0 aromatic heterocycles. The lowest BCUT2D eigenvalue weighted by Crippen LogP contribution is -2.42. The number of hydrogen-bond acceptors (Lipinski definition) is 5. The van der Waals surface area contributed by atoms with E-state index in [1.807, 2.05) is 4.90 Å². The van der Waals surface area contributed by atoms with Crippen LogP contribution in [0, 0.1) is 5.92 Å². The summed E-state index contributed by atoms with van der Waals surface area (Å²) < 4.78 is 9.99. The largest absolute Gasteiger partial charge is 0.481 e. The highest BCUT2D eigenvalue weighted by Gasteiger charge is 2.29. The molecule has 7 heteroatoms. The van der Waals surface area contributed by atoms with Crippen LogP contribution < -0.4 is 0 Å². The number of aliphatic carboxylic acids is 1. The fraction of sp³-hybridized carbons (Fsp3) is 0.846. The number of ether oxygens (including phenoxy) is 2. The first-order chi connectivity index (χ1) is 9.58. The van der Waals surface area contributed by atoms with Gasteiger partial charge < -0.3 is 19.5 Å². The van der Waals surface area contributed by atoms with Crippen LogP contribution in [-0.4, -0.2) is 86.9 Å². The molecule has 0 aromatic carbocycles. The average molecular weight is 288 g/mol. The quantitative estimate of drug-likeness (QED) is 0.617. The van der Waals surface area contributed by atoms with Gasteiger partial charge in [-0.1, -0.05) is 0 Å². The fourth-order valence-corrected chi connectivity index (χ4v) is 2.23. The van der Waals surface area contributed by atoms with E-state index < -0.39 is 5.97 Å². The Labute approximate surface area is 119 Å². The molecule has 1 aliphatic heterocycles. The van der Waals surface area contributed by atoms with Crippen LogP contribution >= 0.6 is 0 Å². The van der Waals surface area contributed by atoms with Crippen LogP contribution in [0.5, 0.6) is 0 Å². The summed E-state index contributed by atoms with van der Waals surface area (Å²) in [6.07, 6.45) is 0.610. The van der Waals surface area contributed by atoms with Crippen molar-refractivity contribution in [2.45, 2.75) is 6.42 Å². The second kappa shape index (κ2) is 8.89. The van der Waals surface area contributed by atoms with Crippen molar-refractivity contribution in [3.63, 3.8) is 0 Å². The minimum absolute atomic E-state index is 0.00913. The minimum Gasteiger partial charge on any atom is -0.481 e. The zero-order chi connectivity index (χ0) is 15.0. The topological polar surface area (TPSA) is 79.3 Å². The van der Waals surface area contributed by atoms with E-state index in [-0.39, 0.29) is 18.4 Å². The predicted octanol–water partition coefficient (Wildman–Crippen LogP) is -0.486. The molecule has 1 rings (SSSR count). The molecule has 1 saturated heterocycles. The highest BCUT2D eigenvalue weighted by atomic mass is 16.5. The fourth-order valence-electron chi connectivity index (χ4n) is 2.23. The van der Waals surface area contributed by atoms with E-state index in [0.717, 1.165) is 0 Å². The van der Waals surface area contributed by atoms with Crippen molar-refractivity contribution in [1.29, 1.82) is 0 Å². The van der Waals surface area contributed by atoms with Crippen LogP contribution in [0.1, 0.15) is 6.42 Å². The lowest BCUT2D eigenvalue weighted by molar-refractivity contribution is -0.141. The van der Waals surface area contributed by atoms with Crippen molar-refractivity contribution in [1.82, 2.24) is 9.80 Å². The SMILES string of the molecule is COCCN(CCOC)C(=O)CN1CCC(C(=O)O)C1. The molecule has 1 atom stereocenters. The molecule has 1 fully saturated rings. The Morgan fingerprint density at radius 3 is 2.30 bits per heavy atom. The van der Waals surface area contributed by atoms with Gasteiger partial charge in [0.15, 0.2) is 0 Å². The molecule has 7 nitrogen and oxygen atoms in total. The van der Waals surface area contributed by atoms with Gasteiger partial charge in [0.05, 0.1) is 25.7 Å². The zero-order valence-electron chi connectivity index (χ0n) is 12.2. The minimum atomic E-state index is -0.782. The maximum absolute atomic E-state index is 12.2. The van der Waals surface area contributed by atoms with Gasteiger partial charge in [0.25, 0.3) is 0 Å². The number of carbonyl (C=O) groups excluding carboxylic acids is 1. The Kier molecular flexibility index (Phi) is 7.50. The number of methoxy groups -OCH3 is 2. The number of likely N-dealkylation sites (tertiary alicyclic amines) is 1. The third-order valence-electron chi connectivity index (χ3n) is 3.46. The third-order valence-corrected chi connectivity index (χ3v) is 3.46. The zero-order valence-corrected chi connectivity index (χ0v) is 12.2. The summed E-state index contributed by atoms with van der Waals surface area (Å²) in [6, 6.07) is 0. The summed E-state index contributed by atoms with van der Waals surface area (Å²) in [7, 11) is 3.19. The Bertz CT molecular complexity index is 316. The second-order valence-electron chi connectivity index (χ2n) is 4.93. The Morgan fingerprint density at radius 1 is 1.25 bits per heavy atom. The molecule has 0 bridgehead atoms. The number of carboxylic acids is 1. The molecule has 20 heavy (non-hydrogen) atoms. The lowest BCUT2D eigenvalue weighted by atomic mass is 10.1. The van der Waals surface area contributed by atoms with Crippen LogP contribution in [0.15, 0.2) is 0 Å². The van der Waals surface area contributed by atoms with Crippen molar-refractivity contribution in [2.24, 2.45) is 5.92 Å². The highest BCUT2D eigenvalue weighted by molar-refractivity contribution is 5.78. The van der Waals surface area contributed by atoms with Crippen molar-refractivity contribution < 1.29 is 24.2 Å². The average Bonchev–Trinajstić information content (AvgIpc) is 2.87. The normalized spacial score (nSPS) is 19.2. The second-order valence-corrected chi connectivity index (χ2v) is 4.93. The molecule has 1 amide bonds. The molecule has 1 N–H and O–H groups in total. The Balaban J connectivity index is 2.42. The number of hydrogen-bond donors (Lipinski definition) is 1. The molecular formula is C13H24N2O5. The smallest absolute Gasteiger partial charge is 0.307 e. The predicted molar refractivity (Wildman–Crippen MR) is 72.5 cm³/mol. The summed E-state index contributed by atoms with van der Waals surface area (Å²) in [5.41, 5.74) is 0. The molecule has 0 aromatic rings. The summed E-state index contributed by atoms with van der Waals surface area (Å²) in [6.45, 7) is 3.37. The van der Waals surface area contributed by atoms with E-state index in [9.17, 15) is 9.59 Å². The van der Waals surface area contributed by atoms with Gasteiger partial charge in [0, 0.05) is 33.9 Å². The molecule has 1 heterocycles. The maximum atomic E-state index is 12.2. The van der Waals surface area contributed by atoms with Crippen molar-refractivity contribution in [3.8, 4) is 0 Å². The number of nitrogens with zero attached hydrogens (tertiary/aromatic N) is 2. The van der Waals surface area contributed by atoms with Gasteiger partial charge in [-0.2, -0.15) is 0 Å². The van der Waals surface area contributed by atoms with Crippen molar-refractivity contribution in [2.75, 3.05) is 60.2 Å². The summed E-state index contributed by atoms with van der Waals surface area (Å²) in [5, 5.41) is 8.95. The molecule has 0 saturated carbocycles. The first-order valence-electron chi connectivity index (χ1n) is 6.79. The molecule has 0 spiro atoms. The number of carbonyl (C=O) groups is 2. The van der Waals surface area contributed by atoms with Crippen LogP contribution in [0.3, 0.4) is 0 Å². The molecule has 1 unspecified atom stereocenters. The standard InChI is InChI=1S/C13H24N2O5/c1-19-7-5-15(6-8-20-2)12(16)10-14-4-3-11(9-14)13(17)18/h11H,3-10H2,1-2H3,(H,17,18). The van der Waals surface area contributed by atoms with Gasteiger partial charge in [0.2, 0.25) is 5.91 Å². The van der Waals surface area contributed by atoms with Gasteiger partial charge in [0.1, 0.15) is 0 Å². The van der Waals surface area contributed by atoms with Crippen LogP contribution in [0.2, 0.25) is 0 Å². The third kappa shape index (κ3) is 5.44. The lowest BCUT2D eigenvalue weighted by Gasteiger charge is -2.25.